The molecular formula is C60H42N4. The standard InChI is InChI=1S/C60H42N4/c1-39-35-46(36-40(2)59(39)54-38-53(44-15-5-3-6-16-44)61-60(62-54)45-17-7-4-8-18-45)43-27-25-41(26-28-43)42-29-31-47(32-30-42)63-57-24-14-11-21-51(57)52-37-48(33-34-58(52)63)64-55-22-12-9-19-49(55)50-20-10-13-23-56(50)64/h3-38H,1-2H3. The highest BCUT2D eigenvalue weighted by molar-refractivity contribution is 6.12. The minimum Gasteiger partial charge on any atom is -0.309 e. The Bertz CT molecular complexity index is 3580. The summed E-state index contributed by atoms with van der Waals surface area (Å²) in [6.07, 6.45) is 0. The van der Waals surface area contributed by atoms with Crippen LogP contribution in [0.3, 0.4) is 0 Å². The number of aromatic nitrogens is 4. The smallest absolute Gasteiger partial charge is 0.160 e. The Morgan fingerprint density at radius 2 is 0.719 bits per heavy atom. The van der Waals surface area contributed by atoms with E-state index >= 15 is 0 Å². The summed E-state index contributed by atoms with van der Waals surface area (Å²) in [4.78, 5) is 10.2. The lowest BCUT2D eigenvalue weighted by Gasteiger charge is -2.15. The SMILES string of the molecule is Cc1cc(-c2ccc(-c3ccc(-n4c5ccccc5c5cc(-n6c7ccccc7c7ccccc76)ccc54)cc3)cc2)cc(C)c1-c1cc(-c2ccccc2)nc(-c2ccccc2)n1. The van der Waals surface area contributed by atoms with Gasteiger partial charge in [0.1, 0.15) is 0 Å². The number of nitrogens with zero attached hydrogens (tertiary/aromatic N) is 4. The van der Waals surface area contributed by atoms with E-state index in [1.807, 2.05) is 24.3 Å². The molecule has 64 heavy (non-hydrogen) atoms. The van der Waals surface area contributed by atoms with Crippen LogP contribution in [0.4, 0.5) is 0 Å². The van der Waals surface area contributed by atoms with Crippen molar-refractivity contribution in [1.29, 1.82) is 0 Å². The van der Waals surface area contributed by atoms with Gasteiger partial charge in [0.05, 0.1) is 33.5 Å². The van der Waals surface area contributed by atoms with Crippen molar-refractivity contribution in [3.05, 3.63) is 230 Å². The van der Waals surface area contributed by atoms with Gasteiger partial charge in [-0.15, -0.1) is 0 Å². The fraction of sp³-hybridized carbons (Fsp3) is 0.0333. The predicted octanol–water partition coefficient (Wildman–Crippen LogP) is 15.6. The molecule has 0 aliphatic carbocycles. The van der Waals surface area contributed by atoms with Crippen LogP contribution in [-0.4, -0.2) is 19.1 Å². The first-order valence-electron chi connectivity index (χ1n) is 21.9. The Kier molecular flexibility index (Phi) is 8.91. The van der Waals surface area contributed by atoms with Crippen LogP contribution >= 0.6 is 0 Å². The second-order valence-corrected chi connectivity index (χ2v) is 16.7. The maximum Gasteiger partial charge on any atom is 0.160 e. The van der Waals surface area contributed by atoms with E-state index in [9.17, 15) is 0 Å². The Morgan fingerprint density at radius 3 is 1.30 bits per heavy atom. The fourth-order valence-corrected chi connectivity index (χ4v) is 9.82. The minimum atomic E-state index is 0.726. The van der Waals surface area contributed by atoms with Crippen molar-refractivity contribution in [2.75, 3.05) is 0 Å². The highest BCUT2D eigenvalue weighted by Gasteiger charge is 2.18. The molecule has 0 amide bonds. The van der Waals surface area contributed by atoms with E-state index in [1.165, 1.54) is 77.0 Å². The van der Waals surface area contributed by atoms with Gasteiger partial charge >= 0.3 is 0 Å². The van der Waals surface area contributed by atoms with E-state index in [2.05, 4.69) is 217 Å². The first-order valence-corrected chi connectivity index (χ1v) is 21.9. The normalized spacial score (nSPS) is 11.6. The van der Waals surface area contributed by atoms with Crippen LogP contribution in [0.1, 0.15) is 11.1 Å². The van der Waals surface area contributed by atoms with Gasteiger partial charge < -0.3 is 9.13 Å². The van der Waals surface area contributed by atoms with Crippen LogP contribution in [0.2, 0.25) is 0 Å². The maximum absolute atomic E-state index is 5.14. The van der Waals surface area contributed by atoms with Crippen LogP contribution in [-0.2, 0) is 0 Å². The largest absolute Gasteiger partial charge is 0.309 e. The number of aryl methyl sites for hydroxylation is 2. The Hall–Kier alpha value is -8.34. The molecule has 4 heteroatoms. The van der Waals surface area contributed by atoms with Crippen LogP contribution < -0.4 is 0 Å². The Morgan fingerprint density at radius 1 is 0.297 bits per heavy atom. The number of benzene rings is 9. The molecule has 0 aliphatic rings. The minimum absolute atomic E-state index is 0.726. The molecule has 4 nitrogen and oxygen atoms in total. The quantitative estimate of drug-likeness (QED) is 0.161. The van der Waals surface area contributed by atoms with Crippen molar-refractivity contribution in [3.63, 3.8) is 0 Å². The van der Waals surface area contributed by atoms with Crippen molar-refractivity contribution in [2.24, 2.45) is 0 Å². The van der Waals surface area contributed by atoms with Gasteiger partial charge in [-0.2, -0.15) is 0 Å². The topological polar surface area (TPSA) is 35.6 Å². The molecule has 3 heterocycles. The maximum atomic E-state index is 5.14. The van der Waals surface area contributed by atoms with E-state index < -0.39 is 0 Å². The number of fused-ring (bicyclic) bond motifs is 6. The molecule has 12 rings (SSSR count). The second kappa shape index (κ2) is 15.2. The lowest BCUT2D eigenvalue weighted by Crippen LogP contribution is -1.98. The van der Waals surface area contributed by atoms with E-state index in [0.717, 1.165) is 45.3 Å². The monoisotopic (exact) mass is 818 g/mol. The molecule has 0 spiro atoms. The second-order valence-electron chi connectivity index (χ2n) is 16.7. The summed E-state index contributed by atoms with van der Waals surface area (Å²) < 4.78 is 4.80. The lowest BCUT2D eigenvalue weighted by atomic mass is 9.92. The van der Waals surface area contributed by atoms with Gasteiger partial charge in [-0.1, -0.05) is 164 Å². The molecule has 3 aromatic heterocycles. The average Bonchev–Trinajstić information content (AvgIpc) is 3.87. The Balaban J connectivity index is 0.858. The van der Waals surface area contributed by atoms with E-state index in [1.54, 1.807) is 0 Å². The molecule has 9 aromatic carbocycles. The van der Waals surface area contributed by atoms with Gasteiger partial charge in [0.25, 0.3) is 0 Å². The summed E-state index contributed by atoms with van der Waals surface area (Å²) in [6, 6.07) is 78.3. The van der Waals surface area contributed by atoms with Crippen molar-refractivity contribution in [3.8, 4) is 67.5 Å². The van der Waals surface area contributed by atoms with E-state index in [-0.39, 0.29) is 0 Å². The summed E-state index contributed by atoms with van der Waals surface area (Å²) in [5, 5.41) is 5.01. The van der Waals surface area contributed by atoms with Gasteiger partial charge in [-0.3, -0.25) is 0 Å². The molecule has 0 fully saturated rings. The number of para-hydroxylation sites is 3. The highest BCUT2D eigenvalue weighted by atomic mass is 15.0. The molecular weight excluding hydrogens is 777 g/mol. The van der Waals surface area contributed by atoms with Crippen molar-refractivity contribution >= 4 is 43.6 Å². The highest BCUT2D eigenvalue weighted by Crippen LogP contribution is 2.39. The Labute approximate surface area is 372 Å². The van der Waals surface area contributed by atoms with Crippen LogP contribution in [0.5, 0.6) is 0 Å². The molecule has 0 saturated heterocycles. The van der Waals surface area contributed by atoms with Gasteiger partial charge in [-0.25, -0.2) is 9.97 Å². The molecule has 0 N–H and O–H groups in total. The van der Waals surface area contributed by atoms with Gasteiger partial charge in [0.15, 0.2) is 5.82 Å². The predicted molar refractivity (Wildman–Crippen MR) is 267 cm³/mol. The third kappa shape index (κ3) is 6.30. The summed E-state index contributed by atoms with van der Waals surface area (Å²) in [5.74, 6) is 0.726. The zero-order valence-electron chi connectivity index (χ0n) is 35.6. The molecule has 302 valence electrons. The van der Waals surface area contributed by atoms with E-state index in [4.69, 9.17) is 9.97 Å². The van der Waals surface area contributed by atoms with Crippen LogP contribution in [0, 0.1) is 13.8 Å². The van der Waals surface area contributed by atoms with E-state index in [0.29, 0.717) is 0 Å². The first-order chi connectivity index (χ1) is 31.6. The van der Waals surface area contributed by atoms with Gasteiger partial charge in [0, 0.05) is 49.6 Å². The van der Waals surface area contributed by atoms with Crippen LogP contribution in [0.15, 0.2) is 218 Å². The van der Waals surface area contributed by atoms with Gasteiger partial charge in [-0.05, 0) is 102 Å². The summed E-state index contributed by atoms with van der Waals surface area (Å²) in [7, 11) is 0. The van der Waals surface area contributed by atoms with Gasteiger partial charge in [0.2, 0.25) is 0 Å². The molecule has 0 unspecified atom stereocenters. The van der Waals surface area contributed by atoms with Crippen molar-refractivity contribution in [1.82, 2.24) is 19.1 Å². The van der Waals surface area contributed by atoms with Crippen LogP contribution in [0.25, 0.3) is 111 Å². The number of rotatable bonds is 7. The zero-order chi connectivity index (χ0) is 42.7. The summed E-state index contributed by atoms with van der Waals surface area (Å²) in [5.41, 5.74) is 19.3. The average molecular weight is 819 g/mol. The number of hydrogen-bond donors (Lipinski definition) is 0. The fourth-order valence-electron chi connectivity index (χ4n) is 9.82. The lowest BCUT2D eigenvalue weighted by molar-refractivity contribution is 1.17. The molecule has 0 aliphatic heterocycles. The zero-order valence-corrected chi connectivity index (χ0v) is 35.6. The molecule has 0 saturated carbocycles. The first kappa shape index (κ1) is 37.4. The summed E-state index contributed by atoms with van der Waals surface area (Å²) in [6.45, 7) is 4.38. The number of hydrogen-bond acceptors (Lipinski definition) is 2. The third-order valence-electron chi connectivity index (χ3n) is 12.8. The molecule has 0 atom stereocenters. The molecule has 0 bridgehead atoms. The summed E-state index contributed by atoms with van der Waals surface area (Å²) >= 11 is 0. The van der Waals surface area contributed by atoms with Crippen molar-refractivity contribution < 1.29 is 0 Å². The third-order valence-corrected chi connectivity index (χ3v) is 12.8. The molecule has 0 radical (unpaired) electrons. The van der Waals surface area contributed by atoms with Crippen molar-refractivity contribution in [2.45, 2.75) is 13.8 Å². The molecule has 12 aromatic rings.